The van der Waals surface area contributed by atoms with E-state index in [4.69, 9.17) is 0 Å². The first kappa shape index (κ1) is 19.4. The average molecular weight is 421 g/mol. The number of hydrogen-bond acceptors (Lipinski definition) is 5. The fourth-order valence-electron chi connectivity index (χ4n) is 2.91. The maximum Gasteiger partial charge on any atom is 0.234 e. The van der Waals surface area contributed by atoms with Crippen molar-refractivity contribution in [2.24, 2.45) is 0 Å². The van der Waals surface area contributed by atoms with Crippen LogP contribution in [0.4, 0.5) is 5.69 Å². The molecule has 0 fully saturated rings. The van der Waals surface area contributed by atoms with Gasteiger partial charge in [-0.25, -0.2) is 0 Å². The lowest BCUT2D eigenvalue weighted by atomic mass is 10.2. The van der Waals surface area contributed by atoms with E-state index in [9.17, 15) is 4.79 Å². The zero-order valence-corrected chi connectivity index (χ0v) is 17.8. The molecule has 2 aromatic heterocycles. The molecular formula is C22H20N4OS2. The number of hydrogen-bond donors (Lipinski definition) is 1. The SMILES string of the molecule is Cc1ccc(-n2c(SCC(=O)Nc3cccc(C)c3)nnc2-c2cccs2)cc1. The fraction of sp³-hybridized carbons (Fsp3) is 0.136. The van der Waals surface area contributed by atoms with E-state index in [0.29, 0.717) is 5.16 Å². The molecule has 7 heteroatoms. The van der Waals surface area contributed by atoms with Gasteiger partial charge in [0.05, 0.1) is 10.6 Å². The number of aromatic nitrogens is 3. The average Bonchev–Trinajstić information content (AvgIpc) is 3.37. The van der Waals surface area contributed by atoms with Crippen molar-refractivity contribution < 1.29 is 4.79 Å². The van der Waals surface area contributed by atoms with Crippen molar-refractivity contribution in [1.82, 2.24) is 14.8 Å². The molecule has 5 nitrogen and oxygen atoms in total. The van der Waals surface area contributed by atoms with E-state index >= 15 is 0 Å². The Balaban J connectivity index is 1.57. The standard InChI is InChI=1S/C22H20N4OS2/c1-15-8-10-18(11-9-15)26-21(19-7-4-12-28-19)24-25-22(26)29-14-20(27)23-17-6-3-5-16(2)13-17/h3-13H,14H2,1-2H3,(H,23,27). The Morgan fingerprint density at radius 2 is 1.86 bits per heavy atom. The highest BCUT2D eigenvalue weighted by atomic mass is 32.2. The van der Waals surface area contributed by atoms with E-state index in [0.717, 1.165) is 27.6 Å². The summed E-state index contributed by atoms with van der Waals surface area (Å²) in [7, 11) is 0. The van der Waals surface area contributed by atoms with E-state index in [1.165, 1.54) is 17.3 Å². The van der Waals surface area contributed by atoms with Gasteiger partial charge < -0.3 is 5.32 Å². The first-order valence-corrected chi connectivity index (χ1v) is 11.0. The number of nitrogens with one attached hydrogen (secondary N) is 1. The number of aryl methyl sites for hydroxylation is 2. The van der Waals surface area contributed by atoms with Crippen LogP contribution >= 0.6 is 23.1 Å². The van der Waals surface area contributed by atoms with Crippen LogP contribution in [0.15, 0.2) is 71.2 Å². The van der Waals surface area contributed by atoms with Gasteiger partial charge in [0.1, 0.15) is 0 Å². The summed E-state index contributed by atoms with van der Waals surface area (Å²) in [6.45, 7) is 4.06. The molecule has 0 spiro atoms. The van der Waals surface area contributed by atoms with Crippen LogP contribution in [0.3, 0.4) is 0 Å². The molecule has 0 radical (unpaired) electrons. The van der Waals surface area contributed by atoms with Gasteiger partial charge in [0.25, 0.3) is 0 Å². The highest BCUT2D eigenvalue weighted by Crippen LogP contribution is 2.30. The Morgan fingerprint density at radius 3 is 2.59 bits per heavy atom. The van der Waals surface area contributed by atoms with Crippen LogP contribution in [0.2, 0.25) is 0 Å². The van der Waals surface area contributed by atoms with Gasteiger partial charge in [-0.1, -0.05) is 47.7 Å². The van der Waals surface area contributed by atoms with Crippen LogP contribution in [0.5, 0.6) is 0 Å². The van der Waals surface area contributed by atoms with Crippen molar-refractivity contribution in [3.63, 3.8) is 0 Å². The second kappa shape index (κ2) is 8.63. The zero-order valence-electron chi connectivity index (χ0n) is 16.1. The summed E-state index contributed by atoms with van der Waals surface area (Å²) >= 11 is 2.99. The third kappa shape index (κ3) is 4.58. The molecule has 0 saturated carbocycles. The van der Waals surface area contributed by atoms with Crippen LogP contribution in [0.1, 0.15) is 11.1 Å². The van der Waals surface area contributed by atoms with Gasteiger partial charge in [-0.15, -0.1) is 21.5 Å². The topological polar surface area (TPSA) is 59.8 Å². The number of thiophene rings is 1. The number of carbonyl (C=O) groups is 1. The predicted molar refractivity (Wildman–Crippen MR) is 120 cm³/mol. The lowest BCUT2D eigenvalue weighted by Crippen LogP contribution is -2.14. The normalized spacial score (nSPS) is 10.8. The summed E-state index contributed by atoms with van der Waals surface area (Å²) in [4.78, 5) is 13.5. The molecule has 0 unspecified atom stereocenters. The minimum absolute atomic E-state index is 0.0725. The summed E-state index contributed by atoms with van der Waals surface area (Å²) in [5.74, 6) is 0.963. The predicted octanol–water partition coefficient (Wildman–Crippen LogP) is 5.34. The Labute approximate surface area is 177 Å². The molecule has 0 atom stereocenters. The zero-order chi connectivity index (χ0) is 20.2. The number of thioether (sulfide) groups is 1. The van der Waals surface area contributed by atoms with Crippen LogP contribution in [0.25, 0.3) is 16.4 Å². The molecule has 4 rings (SSSR count). The molecule has 2 aromatic carbocycles. The molecular weight excluding hydrogens is 400 g/mol. The first-order valence-electron chi connectivity index (χ1n) is 9.16. The summed E-state index contributed by atoms with van der Waals surface area (Å²) in [5, 5.41) is 14.4. The molecule has 0 bridgehead atoms. The van der Waals surface area contributed by atoms with E-state index in [1.807, 2.05) is 65.4 Å². The Hall–Kier alpha value is -2.90. The summed E-state index contributed by atoms with van der Waals surface area (Å²) in [6.07, 6.45) is 0. The van der Waals surface area contributed by atoms with Crippen LogP contribution in [0, 0.1) is 13.8 Å². The summed E-state index contributed by atoms with van der Waals surface area (Å²) < 4.78 is 2.01. The second-order valence-corrected chi connectivity index (χ2v) is 8.55. The van der Waals surface area contributed by atoms with Gasteiger partial charge >= 0.3 is 0 Å². The quantitative estimate of drug-likeness (QED) is 0.428. The van der Waals surface area contributed by atoms with Gasteiger partial charge in [-0.05, 0) is 55.1 Å². The number of benzene rings is 2. The summed E-state index contributed by atoms with van der Waals surface area (Å²) in [6, 6.07) is 20.0. The van der Waals surface area contributed by atoms with E-state index < -0.39 is 0 Å². The third-order valence-corrected chi connectivity index (χ3v) is 6.10. The number of anilines is 1. The molecule has 0 aliphatic rings. The molecule has 4 aromatic rings. The van der Waals surface area contributed by atoms with Crippen molar-refractivity contribution >= 4 is 34.7 Å². The molecule has 1 N–H and O–H groups in total. The monoisotopic (exact) mass is 420 g/mol. The lowest BCUT2D eigenvalue weighted by Gasteiger charge is -2.10. The minimum Gasteiger partial charge on any atom is -0.325 e. The van der Waals surface area contributed by atoms with Gasteiger partial charge in [-0.2, -0.15) is 0 Å². The second-order valence-electron chi connectivity index (χ2n) is 6.66. The molecule has 1 amide bonds. The summed E-state index contributed by atoms with van der Waals surface area (Å²) in [5.41, 5.74) is 4.07. The van der Waals surface area contributed by atoms with Gasteiger partial charge in [0.15, 0.2) is 11.0 Å². The minimum atomic E-state index is -0.0725. The maximum absolute atomic E-state index is 12.4. The molecule has 0 aliphatic heterocycles. The number of nitrogens with zero attached hydrogens (tertiary/aromatic N) is 3. The highest BCUT2D eigenvalue weighted by molar-refractivity contribution is 7.99. The third-order valence-electron chi connectivity index (χ3n) is 4.30. The van der Waals surface area contributed by atoms with Gasteiger partial charge in [-0.3, -0.25) is 9.36 Å². The van der Waals surface area contributed by atoms with E-state index in [1.54, 1.807) is 11.3 Å². The molecule has 29 heavy (non-hydrogen) atoms. The van der Waals surface area contributed by atoms with E-state index in [2.05, 4.69) is 34.6 Å². The van der Waals surface area contributed by atoms with Crippen molar-refractivity contribution in [3.8, 4) is 16.4 Å². The lowest BCUT2D eigenvalue weighted by molar-refractivity contribution is -0.113. The fourth-order valence-corrected chi connectivity index (χ4v) is 4.36. The highest BCUT2D eigenvalue weighted by Gasteiger charge is 2.18. The van der Waals surface area contributed by atoms with Crippen LogP contribution in [-0.2, 0) is 4.79 Å². The first-order chi connectivity index (χ1) is 14.1. The molecule has 146 valence electrons. The number of amides is 1. The van der Waals surface area contributed by atoms with Crippen molar-refractivity contribution in [1.29, 1.82) is 0 Å². The largest absolute Gasteiger partial charge is 0.325 e. The molecule has 2 heterocycles. The smallest absolute Gasteiger partial charge is 0.234 e. The van der Waals surface area contributed by atoms with Gasteiger partial charge in [0, 0.05) is 11.4 Å². The maximum atomic E-state index is 12.4. The van der Waals surface area contributed by atoms with Crippen LogP contribution < -0.4 is 5.32 Å². The molecule has 0 aliphatic carbocycles. The van der Waals surface area contributed by atoms with Crippen molar-refractivity contribution in [2.75, 3.05) is 11.1 Å². The van der Waals surface area contributed by atoms with Gasteiger partial charge in [0.2, 0.25) is 5.91 Å². The van der Waals surface area contributed by atoms with Crippen LogP contribution in [-0.4, -0.2) is 26.4 Å². The number of carbonyl (C=O) groups excluding carboxylic acids is 1. The Kier molecular flexibility index (Phi) is 5.78. The Morgan fingerprint density at radius 1 is 1.03 bits per heavy atom. The van der Waals surface area contributed by atoms with Crippen molar-refractivity contribution in [3.05, 3.63) is 77.2 Å². The number of rotatable bonds is 6. The Bertz CT molecular complexity index is 1120. The van der Waals surface area contributed by atoms with Crippen molar-refractivity contribution in [2.45, 2.75) is 19.0 Å². The van der Waals surface area contributed by atoms with E-state index in [-0.39, 0.29) is 11.7 Å². The molecule has 0 saturated heterocycles.